The molecular formula is C34H47NO10. The van der Waals surface area contributed by atoms with Gasteiger partial charge in [-0.15, -0.1) is 0 Å². The molecule has 0 radical (unpaired) electrons. The Morgan fingerprint density at radius 2 is 1.78 bits per heavy atom. The molecule has 5 rings (SSSR count). The molecule has 2 N–H and O–H groups in total. The van der Waals surface area contributed by atoms with Crippen LogP contribution >= 0.6 is 0 Å². The van der Waals surface area contributed by atoms with E-state index >= 15 is 4.79 Å². The Kier molecular flexibility index (Phi) is 8.64. The molecule has 1 aromatic carbocycles. The molecule has 1 aliphatic heterocycles. The number of ketones is 1. The van der Waals surface area contributed by atoms with Crippen LogP contribution in [0.25, 0.3) is 0 Å². The second-order valence-electron chi connectivity index (χ2n) is 14.1. The molecule has 2 saturated carbocycles. The molecule has 11 nitrogen and oxygen atoms in total. The number of methoxy groups -OCH3 is 1. The summed E-state index contributed by atoms with van der Waals surface area (Å²) in [6.45, 7) is 10.0. The molecule has 2 bridgehead atoms. The molecule has 11 heteroatoms. The average molecular weight is 630 g/mol. The van der Waals surface area contributed by atoms with Crippen LogP contribution in [-0.2, 0) is 33.3 Å². The van der Waals surface area contributed by atoms with Crippen molar-refractivity contribution in [1.82, 2.24) is 4.90 Å². The van der Waals surface area contributed by atoms with Crippen LogP contribution in [0.3, 0.4) is 0 Å². The predicted octanol–water partition coefficient (Wildman–Crippen LogP) is 2.67. The largest absolute Gasteiger partial charge is 0.455 e. The van der Waals surface area contributed by atoms with Gasteiger partial charge in [-0.2, -0.15) is 0 Å². The van der Waals surface area contributed by atoms with Gasteiger partial charge in [0, 0.05) is 32.3 Å². The number of benzene rings is 1. The Bertz CT molecular complexity index is 1380. The highest BCUT2D eigenvalue weighted by molar-refractivity contribution is 5.94. The standard InChI is InChI=1S/C34H47NO10/c1-18-22(37)16-34(40)29(44-30(39)21-13-11-10-12-14-21)27-32(6,23(41-9)15-24-33(27,17-42-24)45-20(3)36)28(38)26(25(18)31(34,4)5)43-19(2)35(7)8/h10-14,19,22-24,26-27,29,37,40H,15-17H2,1-9H3/t19?,22-,23-,24+,26+,27-,29-,32+,33-,34+/m0/s1. The number of carbonyl (C=O) groups excluding carboxylic acids is 3. The highest BCUT2D eigenvalue weighted by Gasteiger charge is 2.78. The zero-order chi connectivity index (χ0) is 33.3. The first-order chi connectivity index (χ1) is 21.0. The third-order valence-electron chi connectivity index (χ3n) is 11.2. The van der Waals surface area contributed by atoms with Crippen LogP contribution in [0.1, 0.15) is 64.7 Å². The van der Waals surface area contributed by atoms with E-state index in [1.165, 1.54) is 14.0 Å². The summed E-state index contributed by atoms with van der Waals surface area (Å²) in [5.41, 5.74) is -5.05. The number of esters is 2. The van der Waals surface area contributed by atoms with Crippen molar-refractivity contribution in [1.29, 1.82) is 0 Å². The fourth-order valence-electron chi connectivity index (χ4n) is 8.40. The molecule has 1 aromatic rings. The summed E-state index contributed by atoms with van der Waals surface area (Å²) >= 11 is 0. The van der Waals surface area contributed by atoms with Crippen molar-refractivity contribution in [2.75, 3.05) is 27.8 Å². The first-order valence-corrected chi connectivity index (χ1v) is 15.5. The highest BCUT2D eigenvalue weighted by Crippen LogP contribution is 2.64. The van der Waals surface area contributed by atoms with Gasteiger partial charge in [0.15, 0.2) is 11.4 Å². The lowest BCUT2D eigenvalue weighted by Crippen LogP contribution is -2.82. The zero-order valence-electron chi connectivity index (χ0n) is 27.7. The van der Waals surface area contributed by atoms with E-state index in [0.29, 0.717) is 11.1 Å². The van der Waals surface area contributed by atoms with Crippen molar-refractivity contribution in [2.24, 2.45) is 16.7 Å². The van der Waals surface area contributed by atoms with E-state index in [4.69, 9.17) is 23.7 Å². The molecule has 10 atom stereocenters. The summed E-state index contributed by atoms with van der Waals surface area (Å²) in [6.07, 6.45) is -5.90. The van der Waals surface area contributed by atoms with Crippen molar-refractivity contribution in [3.8, 4) is 0 Å². The Morgan fingerprint density at radius 1 is 1.13 bits per heavy atom. The lowest BCUT2D eigenvalue weighted by Gasteiger charge is -2.68. The Morgan fingerprint density at radius 3 is 2.31 bits per heavy atom. The van der Waals surface area contributed by atoms with Gasteiger partial charge in [-0.1, -0.05) is 32.0 Å². The van der Waals surface area contributed by atoms with E-state index in [1.54, 1.807) is 58.0 Å². The maximum atomic E-state index is 15.4. The molecule has 248 valence electrons. The van der Waals surface area contributed by atoms with Gasteiger partial charge >= 0.3 is 11.9 Å². The second-order valence-corrected chi connectivity index (χ2v) is 14.1. The number of aliphatic hydroxyl groups excluding tert-OH is 1. The Labute approximate surface area is 264 Å². The van der Waals surface area contributed by atoms with Gasteiger partial charge in [-0.05, 0) is 58.1 Å². The van der Waals surface area contributed by atoms with Gasteiger partial charge in [0.1, 0.15) is 30.1 Å². The summed E-state index contributed by atoms with van der Waals surface area (Å²) in [5.74, 6) is -2.87. The van der Waals surface area contributed by atoms with Crippen LogP contribution in [0.15, 0.2) is 41.5 Å². The van der Waals surface area contributed by atoms with E-state index in [1.807, 2.05) is 25.9 Å². The number of rotatable bonds is 7. The van der Waals surface area contributed by atoms with Gasteiger partial charge < -0.3 is 33.9 Å². The first kappa shape index (κ1) is 33.7. The molecule has 3 aliphatic carbocycles. The first-order valence-electron chi connectivity index (χ1n) is 15.5. The lowest BCUT2D eigenvalue weighted by molar-refractivity contribution is -0.347. The quantitative estimate of drug-likeness (QED) is 0.261. The number of aliphatic hydroxyl groups is 2. The van der Waals surface area contributed by atoms with Crippen molar-refractivity contribution in [3.63, 3.8) is 0 Å². The third-order valence-corrected chi connectivity index (χ3v) is 11.2. The molecule has 0 aromatic heterocycles. The molecule has 4 aliphatic rings. The summed E-state index contributed by atoms with van der Waals surface area (Å²) < 4.78 is 31.1. The van der Waals surface area contributed by atoms with Crippen molar-refractivity contribution < 1.29 is 48.3 Å². The molecule has 45 heavy (non-hydrogen) atoms. The van der Waals surface area contributed by atoms with Crippen LogP contribution in [0.5, 0.6) is 0 Å². The second kappa shape index (κ2) is 11.5. The minimum Gasteiger partial charge on any atom is -0.455 e. The van der Waals surface area contributed by atoms with Crippen LogP contribution in [0.2, 0.25) is 0 Å². The van der Waals surface area contributed by atoms with E-state index in [9.17, 15) is 19.8 Å². The van der Waals surface area contributed by atoms with Crippen molar-refractivity contribution in [2.45, 2.75) is 102 Å². The Balaban J connectivity index is 1.84. The molecule has 1 unspecified atom stereocenters. The molecular weight excluding hydrogens is 582 g/mol. The topological polar surface area (TPSA) is 141 Å². The summed E-state index contributed by atoms with van der Waals surface area (Å²) in [7, 11) is 5.14. The number of carbonyl (C=O) groups is 3. The zero-order valence-corrected chi connectivity index (χ0v) is 27.7. The van der Waals surface area contributed by atoms with E-state index in [-0.39, 0.29) is 30.8 Å². The van der Waals surface area contributed by atoms with Gasteiger partial charge in [0.05, 0.1) is 35.7 Å². The normalized spacial score (nSPS) is 39.5. The van der Waals surface area contributed by atoms with Crippen LogP contribution in [-0.4, -0.2) is 109 Å². The monoisotopic (exact) mass is 629 g/mol. The lowest BCUT2D eigenvalue weighted by atomic mass is 9.44. The smallest absolute Gasteiger partial charge is 0.338 e. The number of Topliss-reactive ketones (excluding diaryl/α,β-unsaturated/α-hetero) is 1. The molecule has 0 amide bonds. The minimum absolute atomic E-state index is 0.0823. The van der Waals surface area contributed by atoms with Crippen LogP contribution in [0.4, 0.5) is 0 Å². The van der Waals surface area contributed by atoms with Crippen LogP contribution < -0.4 is 0 Å². The van der Waals surface area contributed by atoms with Crippen molar-refractivity contribution >= 4 is 17.7 Å². The minimum atomic E-state index is -1.97. The predicted molar refractivity (Wildman–Crippen MR) is 162 cm³/mol. The van der Waals surface area contributed by atoms with Crippen molar-refractivity contribution in [3.05, 3.63) is 47.0 Å². The Hall–Kier alpha value is -2.67. The molecule has 0 spiro atoms. The summed E-state index contributed by atoms with van der Waals surface area (Å²) in [5, 5.41) is 24.7. The number of fused-ring (bicyclic) bond motifs is 5. The van der Waals surface area contributed by atoms with E-state index < -0.39 is 76.6 Å². The summed E-state index contributed by atoms with van der Waals surface area (Å²) in [6, 6.07) is 8.35. The number of hydrogen-bond acceptors (Lipinski definition) is 11. The highest BCUT2D eigenvalue weighted by atomic mass is 16.6. The average Bonchev–Trinajstić information content (AvgIpc) is 2.97. The molecule has 3 fully saturated rings. The molecule has 1 heterocycles. The molecule has 1 saturated heterocycles. The van der Waals surface area contributed by atoms with Gasteiger partial charge in [0.25, 0.3) is 0 Å². The van der Waals surface area contributed by atoms with Gasteiger partial charge in [-0.3, -0.25) is 14.5 Å². The maximum Gasteiger partial charge on any atom is 0.338 e. The number of hydrogen-bond donors (Lipinski definition) is 2. The fraction of sp³-hybridized carbons (Fsp3) is 0.676. The summed E-state index contributed by atoms with van der Waals surface area (Å²) in [4.78, 5) is 43.9. The third kappa shape index (κ3) is 4.89. The van der Waals surface area contributed by atoms with Crippen LogP contribution in [0, 0.1) is 16.7 Å². The SMILES string of the molecule is CO[C@H]1C[C@H]2OC[C@@]2(OC(C)=O)[C@H]2[C@H](OC(=O)c3ccccc3)[C@]3(O)C[C@H](O)C(C)=C([C@@H](OC(C)N(C)C)C(=O)[C@]12C)C3(C)C. The van der Waals surface area contributed by atoms with E-state index in [0.717, 1.165) is 0 Å². The fourth-order valence-corrected chi connectivity index (χ4v) is 8.40. The maximum absolute atomic E-state index is 15.4. The van der Waals surface area contributed by atoms with Gasteiger partial charge in [-0.25, -0.2) is 4.79 Å². The van der Waals surface area contributed by atoms with E-state index in [2.05, 4.69) is 0 Å². The van der Waals surface area contributed by atoms with Gasteiger partial charge in [0.2, 0.25) is 0 Å². The number of ether oxygens (including phenoxy) is 5. The number of nitrogens with zero attached hydrogens (tertiary/aromatic N) is 1.